The molecule has 0 aromatic heterocycles. The molecule has 1 aromatic rings. The normalized spacial score (nSPS) is 35.1. The van der Waals surface area contributed by atoms with Gasteiger partial charge in [0.05, 0.1) is 11.0 Å². The molecule has 31 heavy (non-hydrogen) atoms. The Bertz CT molecular complexity index is 804. The highest BCUT2D eigenvalue weighted by Gasteiger charge is 2.60. The topological polar surface area (TPSA) is 78.9 Å². The molecule has 4 aliphatic carbocycles. The van der Waals surface area contributed by atoms with Crippen LogP contribution in [0.3, 0.4) is 0 Å². The van der Waals surface area contributed by atoms with E-state index in [2.05, 4.69) is 34.5 Å². The van der Waals surface area contributed by atoms with Crippen LogP contribution < -0.4 is 5.32 Å². The average molecular weight is 427 g/mol. The minimum absolute atomic E-state index is 0.137. The van der Waals surface area contributed by atoms with E-state index in [1.807, 2.05) is 6.07 Å². The third kappa shape index (κ3) is 4.51. The van der Waals surface area contributed by atoms with Crippen molar-refractivity contribution < 1.29 is 19.4 Å². The lowest BCUT2D eigenvalue weighted by Gasteiger charge is -2.58. The highest BCUT2D eigenvalue weighted by molar-refractivity contribution is 5.83. The lowest BCUT2D eigenvalue weighted by molar-refractivity contribution is -0.196. The molecule has 2 N–H and O–H groups in total. The molecule has 1 aliphatic heterocycles. The minimum atomic E-state index is -0.695. The number of esters is 1. The van der Waals surface area contributed by atoms with Gasteiger partial charge in [0.1, 0.15) is 0 Å². The smallest absolute Gasteiger partial charge is 0.312 e. The molecular formula is C25H34N2O4. The molecule has 1 heterocycles. The number of piperidine rings is 1. The lowest BCUT2D eigenvalue weighted by Crippen LogP contribution is -2.58. The molecule has 0 spiro atoms. The summed E-state index contributed by atoms with van der Waals surface area (Å²) in [5.74, 6) is 0.369. The molecule has 1 aromatic carbocycles. The van der Waals surface area contributed by atoms with Crippen LogP contribution >= 0.6 is 0 Å². The Morgan fingerprint density at radius 1 is 1.06 bits per heavy atom. The minimum Gasteiger partial charge on any atom is -0.455 e. The fourth-order valence-electron chi connectivity index (χ4n) is 7.08. The number of carbonyl (C=O) groups is 2. The van der Waals surface area contributed by atoms with Gasteiger partial charge in [0.2, 0.25) is 0 Å². The predicted octanol–water partition coefficient (Wildman–Crippen LogP) is 2.64. The second-order valence-electron chi connectivity index (χ2n) is 10.6. The van der Waals surface area contributed by atoms with E-state index in [9.17, 15) is 14.7 Å². The molecular weight excluding hydrogens is 392 g/mol. The van der Waals surface area contributed by atoms with Gasteiger partial charge in [0, 0.05) is 25.7 Å². The van der Waals surface area contributed by atoms with Crippen molar-refractivity contribution in [1.29, 1.82) is 0 Å². The second kappa shape index (κ2) is 8.21. The third-order valence-electron chi connectivity index (χ3n) is 8.00. The van der Waals surface area contributed by atoms with Crippen LogP contribution in [0, 0.1) is 17.3 Å². The Labute approximate surface area is 184 Å². The zero-order valence-corrected chi connectivity index (χ0v) is 18.2. The Morgan fingerprint density at radius 3 is 2.39 bits per heavy atom. The van der Waals surface area contributed by atoms with Gasteiger partial charge in [-0.1, -0.05) is 30.3 Å². The number of aliphatic hydroxyl groups is 1. The number of nitrogens with one attached hydrogen (secondary N) is 1. The summed E-state index contributed by atoms with van der Waals surface area (Å²) in [6, 6.07) is 10.6. The molecule has 2 unspecified atom stereocenters. The van der Waals surface area contributed by atoms with Crippen molar-refractivity contribution in [2.75, 3.05) is 19.7 Å². The van der Waals surface area contributed by atoms with Crippen molar-refractivity contribution in [2.24, 2.45) is 17.3 Å². The summed E-state index contributed by atoms with van der Waals surface area (Å²) < 4.78 is 5.50. The second-order valence-corrected chi connectivity index (χ2v) is 10.6. The lowest BCUT2D eigenvalue weighted by atomic mass is 9.48. The van der Waals surface area contributed by atoms with Gasteiger partial charge < -0.3 is 15.2 Å². The van der Waals surface area contributed by atoms with E-state index in [4.69, 9.17) is 4.74 Å². The monoisotopic (exact) mass is 426 g/mol. The summed E-state index contributed by atoms with van der Waals surface area (Å²) in [5, 5.41) is 13.9. The van der Waals surface area contributed by atoms with Crippen LogP contribution in [0.15, 0.2) is 30.3 Å². The van der Waals surface area contributed by atoms with Crippen LogP contribution in [0.4, 0.5) is 0 Å². The molecule has 6 rings (SSSR count). The summed E-state index contributed by atoms with van der Waals surface area (Å²) in [6.45, 7) is 2.63. The maximum Gasteiger partial charge on any atom is 0.312 e. The SMILES string of the molecule is O=C(COC(=O)C12CC3CC(CC(O)(C3)C1)C2)NC1CCN(Cc2ccccc2)CC1. The molecule has 5 fully saturated rings. The van der Waals surface area contributed by atoms with Crippen molar-refractivity contribution in [2.45, 2.75) is 69.6 Å². The molecule has 168 valence electrons. The largest absolute Gasteiger partial charge is 0.455 e. The van der Waals surface area contributed by atoms with Gasteiger partial charge in [-0.05, 0) is 68.8 Å². The first-order valence-electron chi connectivity index (χ1n) is 11.9. The van der Waals surface area contributed by atoms with Crippen molar-refractivity contribution in [3.8, 4) is 0 Å². The van der Waals surface area contributed by atoms with Gasteiger partial charge in [-0.3, -0.25) is 14.5 Å². The van der Waals surface area contributed by atoms with Gasteiger partial charge in [0.25, 0.3) is 5.91 Å². The van der Waals surface area contributed by atoms with Crippen LogP contribution in [0.1, 0.15) is 56.9 Å². The number of benzene rings is 1. The first-order chi connectivity index (χ1) is 14.9. The van der Waals surface area contributed by atoms with Crippen molar-refractivity contribution in [1.82, 2.24) is 10.2 Å². The van der Waals surface area contributed by atoms with Gasteiger partial charge in [-0.25, -0.2) is 0 Å². The summed E-state index contributed by atoms with van der Waals surface area (Å²) in [7, 11) is 0. The van der Waals surface area contributed by atoms with Gasteiger partial charge >= 0.3 is 5.97 Å². The maximum absolute atomic E-state index is 12.9. The predicted molar refractivity (Wildman–Crippen MR) is 116 cm³/mol. The highest BCUT2D eigenvalue weighted by atomic mass is 16.5. The first kappa shape index (κ1) is 21.0. The standard InChI is InChI=1S/C25H34N2O4/c28-22(26-21-6-8-27(9-7-21)15-18-4-2-1-3-5-18)16-31-23(29)24-11-19-10-20(12-24)14-25(30,13-19)17-24/h1-5,19-21,30H,6-17H2,(H,26,28). The third-order valence-corrected chi connectivity index (χ3v) is 8.00. The Kier molecular flexibility index (Phi) is 5.55. The van der Waals surface area contributed by atoms with E-state index >= 15 is 0 Å². The van der Waals surface area contributed by atoms with Crippen LogP contribution in [0.2, 0.25) is 0 Å². The molecule has 6 nitrogen and oxygen atoms in total. The molecule has 4 bridgehead atoms. The van der Waals surface area contributed by atoms with E-state index in [-0.39, 0.29) is 24.5 Å². The number of hydrogen-bond acceptors (Lipinski definition) is 5. The van der Waals surface area contributed by atoms with Crippen molar-refractivity contribution in [3.63, 3.8) is 0 Å². The van der Waals surface area contributed by atoms with Gasteiger partial charge in [-0.2, -0.15) is 0 Å². The fourth-order valence-corrected chi connectivity index (χ4v) is 7.08. The summed E-state index contributed by atoms with van der Waals surface area (Å²) in [4.78, 5) is 27.8. The van der Waals surface area contributed by atoms with E-state index < -0.39 is 11.0 Å². The van der Waals surface area contributed by atoms with Crippen LogP contribution in [0.5, 0.6) is 0 Å². The molecule has 0 radical (unpaired) electrons. The molecule has 1 saturated heterocycles. The van der Waals surface area contributed by atoms with E-state index in [0.717, 1.165) is 64.6 Å². The zero-order valence-electron chi connectivity index (χ0n) is 18.2. The molecule has 6 heteroatoms. The summed E-state index contributed by atoms with van der Waals surface area (Å²) >= 11 is 0. The Morgan fingerprint density at radius 2 is 1.74 bits per heavy atom. The Hall–Kier alpha value is -1.92. The van der Waals surface area contributed by atoms with Gasteiger partial charge in [0.15, 0.2) is 6.61 Å². The molecule has 1 amide bonds. The summed E-state index contributed by atoms with van der Waals surface area (Å²) in [6.07, 6.45) is 6.72. The number of rotatable bonds is 6. The summed E-state index contributed by atoms with van der Waals surface area (Å²) in [5.41, 5.74) is 0.0484. The van der Waals surface area contributed by atoms with Crippen molar-refractivity contribution >= 4 is 11.9 Å². The van der Waals surface area contributed by atoms with Gasteiger partial charge in [-0.15, -0.1) is 0 Å². The number of nitrogens with zero attached hydrogens (tertiary/aromatic N) is 1. The average Bonchev–Trinajstić information content (AvgIpc) is 2.72. The van der Waals surface area contributed by atoms with Crippen molar-refractivity contribution in [3.05, 3.63) is 35.9 Å². The highest BCUT2D eigenvalue weighted by Crippen LogP contribution is 2.61. The van der Waals surface area contributed by atoms with Crippen LogP contribution in [-0.4, -0.2) is 53.2 Å². The maximum atomic E-state index is 12.9. The number of ether oxygens (including phenoxy) is 1. The quantitative estimate of drug-likeness (QED) is 0.684. The zero-order chi connectivity index (χ0) is 21.5. The van der Waals surface area contributed by atoms with E-state index in [1.54, 1.807) is 0 Å². The number of hydrogen-bond donors (Lipinski definition) is 2. The van der Waals surface area contributed by atoms with Crippen LogP contribution in [-0.2, 0) is 20.9 Å². The number of likely N-dealkylation sites (tertiary alicyclic amines) is 1. The molecule has 5 aliphatic rings. The molecule has 4 saturated carbocycles. The Balaban J connectivity index is 1.06. The van der Waals surface area contributed by atoms with Crippen LogP contribution in [0.25, 0.3) is 0 Å². The number of amides is 1. The van der Waals surface area contributed by atoms with E-state index in [0.29, 0.717) is 18.3 Å². The molecule has 2 atom stereocenters. The first-order valence-corrected chi connectivity index (χ1v) is 11.9. The van der Waals surface area contributed by atoms with E-state index in [1.165, 1.54) is 5.56 Å². The number of carbonyl (C=O) groups excluding carboxylic acids is 2. The fraction of sp³-hybridized carbons (Fsp3) is 0.680.